The minimum atomic E-state index is -2.42. The first-order chi connectivity index (χ1) is 10.1. The molecule has 110 valence electrons. The molecule has 0 radical (unpaired) electrons. The van der Waals surface area contributed by atoms with Crippen molar-refractivity contribution in [2.75, 3.05) is 5.32 Å². The number of rotatable bonds is 5. The van der Waals surface area contributed by atoms with E-state index in [2.05, 4.69) is 15.4 Å². The molecular weight excluding hydrogens is 278 g/mol. The van der Waals surface area contributed by atoms with Crippen LogP contribution in [0.15, 0.2) is 41.1 Å². The lowest BCUT2D eigenvalue weighted by Gasteiger charge is -2.08. The molecule has 1 N–H and O–H groups in total. The van der Waals surface area contributed by atoms with Crippen molar-refractivity contribution in [3.05, 3.63) is 42.5 Å². The molecule has 1 aromatic carbocycles. The summed E-state index contributed by atoms with van der Waals surface area (Å²) >= 11 is 0. The zero-order valence-electron chi connectivity index (χ0n) is 11.3. The van der Waals surface area contributed by atoms with Gasteiger partial charge >= 0.3 is 0 Å². The van der Waals surface area contributed by atoms with Crippen molar-refractivity contribution < 1.29 is 13.2 Å². The maximum atomic E-state index is 12.3. The molecular formula is C14H14F2N4O. The quantitative estimate of drug-likeness (QED) is 0.782. The number of nitrogens with one attached hydrogen (secondary N) is 1. The molecule has 3 rings (SSSR count). The Morgan fingerprint density at radius 1 is 1.33 bits per heavy atom. The summed E-state index contributed by atoms with van der Waals surface area (Å²) in [6.07, 6.45) is 0.611. The number of para-hydroxylation sites is 2. The highest BCUT2D eigenvalue weighted by molar-refractivity contribution is 5.72. The van der Waals surface area contributed by atoms with E-state index in [0.717, 1.165) is 11.1 Å². The van der Waals surface area contributed by atoms with Crippen LogP contribution >= 0.6 is 0 Å². The van der Waals surface area contributed by atoms with Crippen LogP contribution in [0.2, 0.25) is 0 Å². The molecule has 0 bridgehead atoms. The SMILES string of the molecule is C[C@@H](Nc1cnn(CC(F)F)c1)c1nc2ccccc2o1. The number of alkyl halides is 2. The number of hydrogen-bond donors (Lipinski definition) is 1. The number of oxazole rings is 1. The second-order valence-electron chi connectivity index (χ2n) is 4.73. The van der Waals surface area contributed by atoms with Crippen LogP contribution in [0, 0.1) is 0 Å². The van der Waals surface area contributed by atoms with E-state index in [1.54, 1.807) is 0 Å². The van der Waals surface area contributed by atoms with E-state index < -0.39 is 13.0 Å². The van der Waals surface area contributed by atoms with Gasteiger partial charge < -0.3 is 9.73 Å². The van der Waals surface area contributed by atoms with Gasteiger partial charge in [-0.3, -0.25) is 4.68 Å². The summed E-state index contributed by atoms with van der Waals surface area (Å²) in [4.78, 5) is 4.39. The van der Waals surface area contributed by atoms with E-state index >= 15 is 0 Å². The average molecular weight is 292 g/mol. The molecule has 0 aliphatic carbocycles. The molecule has 0 saturated carbocycles. The standard InChI is InChI=1S/C14H14F2N4O/c1-9(14-19-11-4-2-3-5-12(11)21-14)18-10-6-17-20(7-10)8-13(15)16/h2-7,9,13,18H,8H2,1H3/t9-/m1/s1. The van der Waals surface area contributed by atoms with Crippen LogP contribution in [0.5, 0.6) is 0 Å². The van der Waals surface area contributed by atoms with Gasteiger partial charge in [0.15, 0.2) is 5.58 Å². The predicted molar refractivity (Wildman–Crippen MR) is 74.3 cm³/mol. The van der Waals surface area contributed by atoms with Crippen LogP contribution in [-0.2, 0) is 6.54 Å². The third-order valence-corrected chi connectivity index (χ3v) is 3.02. The highest BCUT2D eigenvalue weighted by Gasteiger charge is 2.14. The van der Waals surface area contributed by atoms with Gasteiger partial charge in [0.25, 0.3) is 6.43 Å². The molecule has 5 nitrogen and oxygen atoms in total. The fraction of sp³-hybridized carbons (Fsp3) is 0.286. The average Bonchev–Trinajstić information content (AvgIpc) is 3.04. The summed E-state index contributed by atoms with van der Waals surface area (Å²) in [6.45, 7) is 1.47. The number of halogens is 2. The molecule has 0 amide bonds. The highest BCUT2D eigenvalue weighted by atomic mass is 19.3. The number of aromatic nitrogens is 3. The van der Waals surface area contributed by atoms with Crippen molar-refractivity contribution in [1.29, 1.82) is 0 Å². The molecule has 0 spiro atoms. The number of fused-ring (bicyclic) bond motifs is 1. The number of hydrogen-bond acceptors (Lipinski definition) is 4. The largest absolute Gasteiger partial charge is 0.438 e. The number of benzene rings is 1. The Morgan fingerprint density at radius 3 is 2.90 bits per heavy atom. The van der Waals surface area contributed by atoms with Gasteiger partial charge in [-0.1, -0.05) is 12.1 Å². The lowest BCUT2D eigenvalue weighted by atomic mass is 10.3. The van der Waals surface area contributed by atoms with Crippen molar-refractivity contribution in [1.82, 2.24) is 14.8 Å². The normalized spacial score (nSPS) is 13.0. The Hall–Kier alpha value is -2.44. The van der Waals surface area contributed by atoms with E-state index in [0.29, 0.717) is 11.6 Å². The first-order valence-electron chi connectivity index (χ1n) is 6.54. The first-order valence-corrected chi connectivity index (χ1v) is 6.54. The second kappa shape index (κ2) is 5.51. The van der Waals surface area contributed by atoms with Crippen LogP contribution in [0.4, 0.5) is 14.5 Å². The van der Waals surface area contributed by atoms with Crippen LogP contribution in [0.3, 0.4) is 0 Å². The molecule has 2 aromatic heterocycles. The summed E-state index contributed by atoms with van der Waals surface area (Å²) < 4.78 is 31.4. The van der Waals surface area contributed by atoms with Crippen molar-refractivity contribution in [2.45, 2.75) is 25.9 Å². The molecule has 0 saturated heterocycles. The fourth-order valence-electron chi connectivity index (χ4n) is 2.07. The third-order valence-electron chi connectivity index (χ3n) is 3.02. The molecule has 21 heavy (non-hydrogen) atoms. The molecule has 2 heterocycles. The van der Waals surface area contributed by atoms with Crippen LogP contribution in [-0.4, -0.2) is 21.2 Å². The maximum Gasteiger partial charge on any atom is 0.257 e. The zero-order chi connectivity index (χ0) is 14.8. The van der Waals surface area contributed by atoms with Gasteiger partial charge in [-0.15, -0.1) is 0 Å². The molecule has 1 atom stereocenters. The first kappa shape index (κ1) is 13.5. The van der Waals surface area contributed by atoms with Gasteiger partial charge in [0.05, 0.1) is 11.9 Å². The van der Waals surface area contributed by atoms with Crippen molar-refractivity contribution in [2.24, 2.45) is 0 Å². The van der Waals surface area contributed by atoms with Gasteiger partial charge in [0, 0.05) is 6.20 Å². The van der Waals surface area contributed by atoms with Crippen molar-refractivity contribution in [3.63, 3.8) is 0 Å². The van der Waals surface area contributed by atoms with Crippen LogP contribution in [0.1, 0.15) is 18.9 Å². The van der Waals surface area contributed by atoms with Crippen LogP contribution in [0.25, 0.3) is 11.1 Å². The minimum Gasteiger partial charge on any atom is -0.438 e. The maximum absolute atomic E-state index is 12.3. The second-order valence-corrected chi connectivity index (χ2v) is 4.73. The summed E-state index contributed by atoms with van der Waals surface area (Å²) in [6, 6.07) is 7.29. The topological polar surface area (TPSA) is 55.9 Å². The zero-order valence-corrected chi connectivity index (χ0v) is 11.3. The summed E-state index contributed by atoms with van der Waals surface area (Å²) in [5, 5.41) is 7.00. The van der Waals surface area contributed by atoms with Crippen LogP contribution < -0.4 is 5.32 Å². The van der Waals surface area contributed by atoms with Crippen molar-refractivity contribution >= 4 is 16.8 Å². The monoisotopic (exact) mass is 292 g/mol. The Bertz CT molecular complexity index is 704. The Morgan fingerprint density at radius 2 is 2.14 bits per heavy atom. The number of nitrogens with zero attached hydrogens (tertiary/aromatic N) is 3. The molecule has 0 fully saturated rings. The summed E-state index contributed by atoms with van der Waals surface area (Å²) in [7, 11) is 0. The van der Waals surface area contributed by atoms with Gasteiger partial charge in [0.2, 0.25) is 5.89 Å². The van der Waals surface area contributed by atoms with Gasteiger partial charge in [-0.05, 0) is 19.1 Å². The van der Waals surface area contributed by atoms with Gasteiger partial charge in [-0.2, -0.15) is 5.10 Å². The molecule has 0 aliphatic rings. The van der Waals surface area contributed by atoms with Gasteiger partial charge in [-0.25, -0.2) is 13.8 Å². The minimum absolute atomic E-state index is 0.193. The summed E-state index contributed by atoms with van der Waals surface area (Å²) in [5.41, 5.74) is 2.15. The highest BCUT2D eigenvalue weighted by Crippen LogP contribution is 2.22. The van der Waals surface area contributed by atoms with E-state index in [4.69, 9.17) is 4.42 Å². The fourth-order valence-corrected chi connectivity index (χ4v) is 2.07. The third kappa shape index (κ3) is 3.01. The van der Waals surface area contributed by atoms with Crippen molar-refractivity contribution in [3.8, 4) is 0 Å². The molecule has 0 aliphatic heterocycles. The molecule has 7 heteroatoms. The smallest absolute Gasteiger partial charge is 0.257 e. The van der Waals surface area contributed by atoms with E-state index in [1.807, 2.05) is 31.2 Å². The number of anilines is 1. The Labute approximate surface area is 119 Å². The Balaban J connectivity index is 1.73. The Kier molecular flexibility index (Phi) is 3.55. The van der Waals surface area contributed by atoms with E-state index in [9.17, 15) is 8.78 Å². The molecule has 0 unspecified atom stereocenters. The molecule has 3 aromatic rings. The van der Waals surface area contributed by atoms with E-state index in [-0.39, 0.29) is 6.04 Å². The summed E-state index contributed by atoms with van der Waals surface area (Å²) in [5.74, 6) is 0.540. The lowest BCUT2D eigenvalue weighted by molar-refractivity contribution is 0.122. The predicted octanol–water partition coefficient (Wildman–Crippen LogP) is 3.46. The van der Waals surface area contributed by atoms with Gasteiger partial charge in [0.1, 0.15) is 18.1 Å². The van der Waals surface area contributed by atoms with E-state index in [1.165, 1.54) is 17.1 Å². The lowest BCUT2D eigenvalue weighted by Crippen LogP contribution is -2.07.